The van der Waals surface area contributed by atoms with E-state index in [4.69, 9.17) is 14.6 Å². The molecule has 8 nitrogen and oxygen atoms in total. The highest BCUT2D eigenvalue weighted by Crippen LogP contribution is 2.24. The largest absolute Gasteiger partial charge is 0.478 e. The van der Waals surface area contributed by atoms with Crippen molar-refractivity contribution in [2.45, 2.75) is 30.8 Å². The molecule has 1 aromatic carbocycles. The molecule has 0 saturated heterocycles. The van der Waals surface area contributed by atoms with E-state index in [9.17, 15) is 13.2 Å². The van der Waals surface area contributed by atoms with Crippen molar-refractivity contribution >= 4 is 21.7 Å². The Balaban J connectivity index is 3.24. The minimum absolute atomic E-state index is 0.111. The van der Waals surface area contributed by atoms with Gasteiger partial charge in [0, 0.05) is 26.3 Å². The van der Waals surface area contributed by atoms with Crippen LogP contribution in [0, 0.1) is 0 Å². The van der Waals surface area contributed by atoms with Crippen molar-refractivity contribution in [2.24, 2.45) is 0 Å². The number of hydrogen-bond donors (Lipinski definition) is 3. The highest BCUT2D eigenvalue weighted by Gasteiger charge is 2.23. The molecule has 0 amide bonds. The Labute approximate surface area is 142 Å². The molecule has 24 heavy (non-hydrogen) atoms. The number of benzene rings is 1. The molecule has 0 unspecified atom stereocenters. The van der Waals surface area contributed by atoms with Crippen molar-refractivity contribution in [1.82, 2.24) is 4.72 Å². The second-order valence-electron chi connectivity index (χ2n) is 5.49. The van der Waals surface area contributed by atoms with Crippen LogP contribution in [0.25, 0.3) is 0 Å². The molecule has 1 aromatic rings. The van der Waals surface area contributed by atoms with E-state index in [1.165, 1.54) is 26.4 Å². The lowest BCUT2D eigenvalue weighted by Crippen LogP contribution is -2.36. The van der Waals surface area contributed by atoms with Crippen LogP contribution in [0.4, 0.5) is 5.69 Å². The smallest absolute Gasteiger partial charge is 0.335 e. The zero-order valence-corrected chi connectivity index (χ0v) is 15.0. The molecule has 0 spiro atoms. The maximum absolute atomic E-state index is 12.6. The van der Waals surface area contributed by atoms with E-state index in [0.29, 0.717) is 12.3 Å². The molecule has 0 fully saturated rings. The number of rotatable bonds is 10. The summed E-state index contributed by atoms with van der Waals surface area (Å²) in [6.07, 6.45) is 0. The van der Waals surface area contributed by atoms with E-state index in [0.717, 1.165) is 6.07 Å². The lowest BCUT2D eigenvalue weighted by molar-refractivity contribution is 0.0696. The van der Waals surface area contributed by atoms with E-state index >= 15 is 0 Å². The van der Waals surface area contributed by atoms with Gasteiger partial charge < -0.3 is 19.9 Å². The normalized spacial score (nSPS) is 14.2. The van der Waals surface area contributed by atoms with Crippen LogP contribution in [0.2, 0.25) is 0 Å². The van der Waals surface area contributed by atoms with Crippen molar-refractivity contribution in [3.05, 3.63) is 23.8 Å². The third kappa shape index (κ3) is 5.75. The van der Waals surface area contributed by atoms with Crippen molar-refractivity contribution < 1.29 is 27.8 Å². The third-order valence-corrected chi connectivity index (χ3v) is 4.74. The SMILES string of the molecule is COC[C@@H](C)Nc1ccc(C(=O)O)cc1S(=O)(=O)N[C@@H](C)COC. The number of carboxylic acid groups (broad SMARTS) is 1. The molecule has 0 bridgehead atoms. The van der Waals surface area contributed by atoms with E-state index < -0.39 is 22.0 Å². The lowest BCUT2D eigenvalue weighted by Gasteiger charge is -2.20. The minimum Gasteiger partial charge on any atom is -0.478 e. The summed E-state index contributed by atoms with van der Waals surface area (Å²) >= 11 is 0. The fourth-order valence-corrected chi connectivity index (χ4v) is 3.59. The van der Waals surface area contributed by atoms with Crippen LogP contribution in [0.1, 0.15) is 24.2 Å². The fourth-order valence-electron chi connectivity index (χ4n) is 2.17. The van der Waals surface area contributed by atoms with Gasteiger partial charge in [0.05, 0.1) is 24.5 Å². The van der Waals surface area contributed by atoms with Gasteiger partial charge in [-0.15, -0.1) is 0 Å². The van der Waals surface area contributed by atoms with Crippen LogP contribution >= 0.6 is 0 Å². The Kier molecular flexibility index (Phi) is 7.61. The molecule has 0 heterocycles. The number of carboxylic acids is 1. The number of carbonyl (C=O) groups is 1. The van der Waals surface area contributed by atoms with Gasteiger partial charge >= 0.3 is 5.97 Å². The lowest BCUT2D eigenvalue weighted by atomic mass is 10.2. The highest BCUT2D eigenvalue weighted by molar-refractivity contribution is 7.89. The van der Waals surface area contributed by atoms with E-state index in [1.54, 1.807) is 6.92 Å². The second-order valence-corrected chi connectivity index (χ2v) is 7.18. The quantitative estimate of drug-likeness (QED) is 0.573. The van der Waals surface area contributed by atoms with Gasteiger partial charge in [-0.25, -0.2) is 17.9 Å². The second kappa shape index (κ2) is 8.97. The van der Waals surface area contributed by atoms with Crippen LogP contribution in [-0.2, 0) is 19.5 Å². The summed E-state index contributed by atoms with van der Waals surface area (Å²) in [6.45, 7) is 4.04. The van der Waals surface area contributed by atoms with Crippen LogP contribution in [0.3, 0.4) is 0 Å². The number of aromatic carboxylic acids is 1. The molecule has 0 aromatic heterocycles. The molecule has 3 N–H and O–H groups in total. The van der Waals surface area contributed by atoms with Crippen LogP contribution in [0.5, 0.6) is 0 Å². The van der Waals surface area contributed by atoms with Crippen molar-refractivity contribution in [2.75, 3.05) is 32.8 Å². The topological polar surface area (TPSA) is 114 Å². The fraction of sp³-hybridized carbons (Fsp3) is 0.533. The van der Waals surface area contributed by atoms with Gasteiger partial charge in [0.1, 0.15) is 4.90 Å². The van der Waals surface area contributed by atoms with Crippen LogP contribution in [-0.4, -0.2) is 59.0 Å². The molecular formula is C15H24N2O6S. The molecule has 0 aliphatic rings. The van der Waals surface area contributed by atoms with Gasteiger partial charge in [-0.3, -0.25) is 0 Å². The van der Waals surface area contributed by atoms with Gasteiger partial charge in [0.15, 0.2) is 0 Å². The zero-order chi connectivity index (χ0) is 18.3. The predicted octanol–water partition coefficient (Wildman–Crippen LogP) is 1.14. The van der Waals surface area contributed by atoms with Gasteiger partial charge in [0.2, 0.25) is 10.0 Å². The standard InChI is InChI=1S/C15H24N2O6S/c1-10(8-22-3)16-13-6-5-12(15(18)19)7-14(13)24(20,21)17-11(2)9-23-4/h5-7,10-11,16-17H,8-9H2,1-4H3,(H,18,19)/t10-,11+/m1/s1. The first-order chi connectivity index (χ1) is 11.2. The average Bonchev–Trinajstić information content (AvgIpc) is 2.47. The summed E-state index contributed by atoms with van der Waals surface area (Å²) in [4.78, 5) is 11.0. The molecule has 1 rings (SSSR count). The number of anilines is 1. The Morgan fingerprint density at radius 3 is 2.29 bits per heavy atom. The predicted molar refractivity (Wildman–Crippen MR) is 90.0 cm³/mol. The molecule has 0 aliphatic carbocycles. The molecule has 0 radical (unpaired) electrons. The minimum atomic E-state index is -3.93. The third-order valence-electron chi connectivity index (χ3n) is 3.11. The average molecular weight is 360 g/mol. The van der Waals surface area contributed by atoms with Crippen LogP contribution < -0.4 is 10.0 Å². The van der Waals surface area contributed by atoms with E-state index in [1.807, 2.05) is 6.92 Å². The monoisotopic (exact) mass is 360 g/mol. The maximum atomic E-state index is 12.6. The first-order valence-electron chi connectivity index (χ1n) is 7.35. The van der Waals surface area contributed by atoms with E-state index in [-0.39, 0.29) is 23.1 Å². The van der Waals surface area contributed by atoms with Crippen molar-refractivity contribution in [3.63, 3.8) is 0 Å². The summed E-state index contributed by atoms with van der Waals surface area (Å²) in [5.74, 6) is -1.20. The van der Waals surface area contributed by atoms with Gasteiger partial charge in [-0.2, -0.15) is 0 Å². The Hall–Kier alpha value is -1.68. The summed E-state index contributed by atoms with van der Waals surface area (Å²) < 4.78 is 37.7. The van der Waals surface area contributed by atoms with Gasteiger partial charge in [-0.1, -0.05) is 0 Å². The number of sulfonamides is 1. The highest BCUT2D eigenvalue weighted by atomic mass is 32.2. The van der Waals surface area contributed by atoms with Gasteiger partial charge in [0.25, 0.3) is 0 Å². The Bertz CT molecular complexity index is 662. The molecule has 0 saturated carbocycles. The van der Waals surface area contributed by atoms with E-state index in [2.05, 4.69) is 10.0 Å². The number of ether oxygens (including phenoxy) is 2. The van der Waals surface area contributed by atoms with Gasteiger partial charge in [-0.05, 0) is 32.0 Å². The summed E-state index contributed by atoms with van der Waals surface area (Å²) in [5.41, 5.74) is 0.196. The Morgan fingerprint density at radius 2 is 1.75 bits per heavy atom. The van der Waals surface area contributed by atoms with Crippen molar-refractivity contribution in [1.29, 1.82) is 0 Å². The number of hydrogen-bond acceptors (Lipinski definition) is 6. The first-order valence-corrected chi connectivity index (χ1v) is 8.83. The molecule has 2 atom stereocenters. The first kappa shape index (κ1) is 20.4. The molecule has 9 heteroatoms. The molecule has 136 valence electrons. The molecular weight excluding hydrogens is 336 g/mol. The summed E-state index contributed by atoms with van der Waals surface area (Å²) in [7, 11) is -0.919. The zero-order valence-electron chi connectivity index (χ0n) is 14.2. The molecule has 0 aliphatic heterocycles. The Morgan fingerprint density at radius 1 is 1.17 bits per heavy atom. The number of methoxy groups -OCH3 is 2. The number of nitrogens with one attached hydrogen (secondary N) is 2. The summed E-state index contributed by atoms with van der Waals surface area (Å²) in [5, 5.41) is 12.1. The summed E-state index contributed by atoms with van der Waals surface area (Å²) in [6, 6.07) is 3.30. The maximum Gasteiger partial charge on any atom is 0.335 e. The van der Waals surface area contributed by atoms with Crippen molar-refractivity contribution in [3.8, 4) is 0 Å². The van der Waals surface area contributed by atoms with Crippen LogP contribution in [0.15, 0.2) is 23.1 Å².